The number of sulfonamides is 1. The van der Waals surface area contributed by atoms with E-state index in [0.717, 1.165) is 25.1 Å². The molecule has 1 aliphatic heterocycles. The van der Waals surface area contributed by atoms with Crippen molar-refractivity contribution in [1.29, 1.82) is 0 Å². The number of aromatic nitrogens is 1. The first-order valence-corrected chi connectivity index (χ1v) is 8.32. The van der Waals surface area contributed by atoms with Crippen molar-refractivity contribution in [3.05, 3.63) is 30.1 Å². The zero-order valence-corrected chi connectivity index (χ0v) is 12.0. The summed E-state index contributed by atoms with van der Waals surface area (Å²) in [6.07, 6.45) is 4.92. The standard InChI is InChI=1S/C13H21N3O2S/c1-11(13-4-8-15-10-13)16-19(17,18)9-5-12-2-6-14-7-3-12/h2-3,6-7,11,13,15-16H,4-5,8-10H2,1H3. The van der Waals surface area contributed by atoms with E-state index in [0.29, 0.717) is 12.3 Å². The Kier molecular flexibility index (Phi) is 4.90. The fraction of sp³-hybridized carbons (Fsp3) is 0.615. The maximum atomic E-state index is 12.0. The molecule has 0 amide bonds. The van der Waals surface area contributed by atoms with Gasteiger partial charge in [-0.15, -0.1) is 0 Å². The Hall–Kier alpha value is -0.980. The van der Waals surface area contributed by atoms with Crippen molar-refractivity contribution in [3.63, 3.8) is 0 Å². The molecule has 1 fully saturated rings. The van der Waals surface area contributed by atoms with Crippen LogP contribution in [-0.4, -0.2) is 38.3 Å². The van der Waals surface area contributed by atoms with Crippen LogP contribution >= 0.6 is 0 Å². The number of aryl methyl sites for hydroxylation is 1. The van der Waals surface area contributed by atoms with Gasteiger partial charge in [0.1, 0.15) is 0 Å². The molecular weight excluding hydrogens is 262 g/mol. The maximum Gasteiger partial charge on any atom is 0.212 e. The van der Waals surface area contributed by atoms with Crippen molar-refractivity contribution in [2.75, 3.05) is 18.8 Å². The molecule has 2 atom stereocenters. The first kappa shape index (κ1) is 14.4. The lowest BCUT2D eigenvalue weighted by Crippen LogP contribution is -2.40. The van der Waals surface area contributed by atoms with E-state index in [1.165, 1.54) is 0 Å². The molecule has 5 nitrogen and oxygen atoms in total. The zero-order valence-electron chi connectivity index (χ0n) is 11.2. The van der Waals surface area contributed by atoms with Gasteiger partial charge in [0.15, 0.2) is 0 Å². The average molecular weight is 283 g/mol. The smallest absolute Gasteiger partial charge is 0.212 e. The van der Waals surface area contributed by atoms with Crippen molar-refractivity contribution in [3.8, 4) is 0 Å². The van der Waals surface area contributed by atoms with E-state index in [-0.39, 0.29) is 11.8 Å². The van der Waals surface area contributed by atoms with Gasteiger partial charge in [0.05, 0.1) is 5.75 Å². The van der Waals surface area contributed by atoms with Gasteiger partial charge in [-0.25, -0.2) is 13.1 Å². The lowest BCUT2D eigenvalue weighted by molar-refractivity contribution is 0.444. The minimum Gasteiger partial charge on any atom is -0.316 e. The summed E-state index contributed by atoms with van der Waals surface area (Å²) in [5.74, 6) is 0.525. The Morgan fingerprint density at radius 3 is 2.84 bits per heavy atom. The van der Waals surface area contributed by atoms with Gasteiger partial charge in [-0.3, -0.25) is 4.98 Å². The number of nitrogens with one attached hydrogen (secondary N) is 2. The van der Waals surface area contributed by atoms with E-state index >= 15 is 0 Å². The number of hydrogen-bond acceptors (Lipinski definition) is 4. The predicted molar refractivity (Wildman–Crippen MR) is 75.3 cm³/mol. The summed E-state index contributed by atoms with van der Waals surface area (Å²) >= 11 is 0. The van der Waals surface area contributed by atoms with Crippen molar-refractivity contribution in [2.45, 2.75) is 25.8 Å². The summed E-state index contributed by atoms with van der Waals surface area (Å²) in [5, 5.41) is 3.26. The van der Waals surface area contributed by atoms with Crippen LogP contribution in [0.4, 0.5) is 0 Å². The summed E-state index contributed by atoms with van der Waals surface area (Å²) in [4.78, 5) is 3.92. The van der Waals surface area contributed by atoms with Gasteiger partial charge in [-0.2, -0.15) is 0 Å². The Morgan fingerprint density at radius 1 is 1.47 bits per heavy atom. The van der Waals surface area contributed by atoms with Gasteiger partial charge in [0, 0.05) is 18.4 Å². The lowest BCUT2D eigenvalue weighted by Gasteiger charge is -2.19. The second kappa shape index (κ2) is 6.45. The highest BCUT2D eigenvalue weighted by atomic mass is 32.2. The molecule has 1 aromatic rings. The van der Waals surface area contributed by atoms with Crippen molar-refractivity contribution < 1.29 is 8.42 Å². The normalized spacial score (nSPS) is 21.4. The SMILES string of the molecule is CC(NS(=O)(=O)CCc1ccncc1)C1CCNC1. The second-order valence-electron chi connectivity index (χ2n) is 5.08. The molecular formula is C13H21N3O2S. The van der Waals surface area contributed by atoms with Crippen molar-refractivity contribution in [1.82, 2.24) is 15.0 Å². The molecule has 0 aromatic carbocycles. The number of nitrogens with zero attached hydrogens (tertiary/aromatic N) is 1. The van der Waals surface area contributed by atoms with Crippen LogP contribution < -0.4 is 10.0 Å². The van der Waals surface area contributed by atoms with Gasteiger partial charge in [0.25, 0.3) is 0 Å². The molecule has 19 heavy (non-hydrogen) atoms. The Morgan fingerprint density at radius 2 is 2.21 bits per heavy atom. The topological polar surface area (TPSA) is 71.1 Å². The molecule has 106 valence electrons. The molecule has 1 saturated heterocycles. The Balaban J connectivity index is 1.84. The molecule has 1 aromatic heterocycles. The van der Waals surface area contributed by atoms with Gasteiger partial charge >= 0.3 is 0 Å². The lowest BCUT2D eigenvalue weighted by atomic mass is 10.0. The Labute approximate surface area is 114 Å². The van der Waals surface area contributed by atoms with Crippen LogP contribution in [-0.2, 0) is 16.4 Å². The van der Waals surface area contributed by atoms with Gasteiger partial charge < -0.3 is 5.32 Å². The van der Waals surface area contributed by atoms with Crippen molar-refractivity contribution >= 4 is 10.0 Å². The minimum absolute atomic E-state index is 0.00237. The summed E-state index contributed by atoms with van der Waals surface area (Å²) in [6, 6.07) is 3.69. The van der Waals surface area contributed by atoms with Crippen LogP contribution in [0, 0.1) is 5.92 Å². The van der Waals surface area contributed by atoms with Gasteiger partial charge in [0.2, 0.25) is 10.0 Å². The number of rotatable bonds is 6. The van der Waals surface area contributed by atoms with Crippen molar-refractivity contribution in [2.24, 2.45) is 5.92 Å². The molecule has 6 heteroatoms. The highest BCUT2D eigenvalue weighted by Gasteiger charge is 2.24. The first-order valence-electron chi connectivity index (χ1n) is 6.66. The molecule has 0 radical (unpaired) electrons. The second-order valence-corrected chi connectivity index (χ2v) is 6.96. The molecule has 2 unspecified atom stereocenters. The largest absolute Gasteiger partial charge is 0.316 e. The third-order valence-electron chi connectivity index (χ3n) is 3.58. The fourth-order valence-corrected chi connectivity index (χ4v) is 3.72. The predicted octanol–water partition coefficient (Wildman–Crippen LogP) is 0.541. The van der Waals surface area contributed by atoms with Crippen LogP contribution in [0.3, 0.4) is 0 Å². The van der Waals surface area contributed by atoms with E-state index in [4.69, 9.17) is 0 Å². The zero-order chi connectivity index (χ0) is 13.7. The fourth-order valence-electron chi connectivity index (χ4n) is 2.34. The monoisotopic (exact) mass is 283 g/mol. The molecule has 2 rings (SSSR count). The summed E-state index contributed by atoms with van der Waals surface area (Å²) in [7, 11) is -3.21. The maximum absolute atomic E-state index is 12.0. The van der Waals surface area contributed by atoms with Crippen LogP contribution in [0.5, 0.6) is 0 Å². The first-order chi connectivity index (χ1) is 9.07. The molecule has 0 aliphatic carbocycles. The van der Waals surface area contributed by atoms with E-state index in [2.05, 4.69) is 15.0 Å². The van der Waals surface area contributed by atoms with Crippen LogP contribution in [0.15, 0.2) is 24.5 Å². The van der Waals surface area contributed by atoms with Gasteiger partial charge in [-0.1, -0.05) is 0 Å². The van der Waals surface area contributed by atoms with Gasteiger partial charge in [-0.05, 0) is 56.5 Å². The molecule has 0 spiro atoms. The summed E-state index contributed by atoms with van der Waals surface area (Å²) < 4.78 is 26.8. The number of pyridine rings is 1. The molecule has 0 saturated carbocycles. The van der Waals surface area contributed by atoms with E-state index in [1.807, 2.05) is 19.1 Å². The van der Waals surface area contributed by atoms with E-state index in [9.17, 15) is 8.42 Å². The molecule has 2 N–H and O–H groups in total. The molecule has 0 bridgehead atoms. The number of hydrogen-bond donors (Lipinski definition) is 2. The minimum atomic E-state index is -3.21. The highest BCUT2D eigenvalue weighted by molar-refractivity contribution is 7.89. The van der Waals surface area contributed by atoms with E-state index < -0.39 is 10.0 Å². The third-order valence-corrected chi connectivity index (χ3v) is 5.05. The van der Waals surface area contributed by atoms with Crippen LogP contribution in [0.25, 0.3) is 0 Å². The average Bonchev–Trinajstić information content (AvgIpc) is 2.91. The highest BCUT2D eigenvalue weighted by Crippen LogP contribution is 2.13. The third kappa shape index (κ3) is 4.56. The van der Waals surface area contributed by atoms with Crippen LogP contribution in [0.2, 0.25) is 0 Å². The van der Waals surface area contributed by atoms with Crippen LogP contribution in [0.1, 0.15) is 18.9 Å². The summed E-state index contributed by atoms with van der Waals surface area (Å²) in [5.41, 5.74) is 0.996. The summed E-state index contributed by atoms with van der Waals surface area (Å²) in [6.45, 7) is 3.82. The Bertz CT molecular complexity index is 484. The quantitative estimate of drug-likeness (QED) is 0.799. The molecule has 2 heterocycles. The molecule has 1 aliphatic rings. The van der Waals surface area contributed by atoms with E-state index in [1.54, 1.807) is 12.4 Å².